The highest BCUT2D eigenvalue weighted by Gasteiger charge is 2.44. The predicted molar refractivity (Wildman–Crippen MR) is 125 cm³/mol. The van der Waals surface area contributed by atoms with Gasteiger partial charge in [-0.15, -0.1) is 0 Å². The van der Waals surface area contributed by atoms with Crippen molar-refractivity contribution in [2.45, 2.75) is 31.8 Å². The number of carbonyl (C=O) groups is 3. The van der Waals surface area contributed by atoms with Crippen LogP contribution in [0.15, 0.2) is 85.1 Å². The Morgan fingerprint density at radius 2 is 1.62 bits per heavy atom. The Kier molecular flexibility index (Phi) is 7.62. The maximum Gasteiger partial charge on any atom is 0.253 e. The van der Waals surface area contributed by atoms with E-state index in [1.165, 1.54) is 4.90 Å². The van der Waals surface area contributed by atoms with Crippen LogP contribution >= 0.6 is 0 Å². The predicted octanol–water partition coefficient (Wildman–Crippen LogP) is 1.81. The van der Waals surface area contributed by atoms with Gasteiger partial charge in [-0.2, -0.15) is 0 Å². The van der Waals surface area contributed by atoms with Crippen molar-refractivity contribution >= 4 is 17.7 Å². The number of pyridine rings is 1. The lowest BCUT2D eigenvalue weighted by Crippen LogP contribution is -2.67. The molecule has 2 aromatic carbocycles. The molecule has 1 aliphatic heterocycles. The molecule has 0 spiro atoms. The van der Waals surface area contributed by atoms with E-state index in [2.05, 4.69) is 15.6 Å². The van der Waals surface area contributed by atoms with Crippen LogP contribution in [-0.4, -0.2) is 46.3 Å². The molecule has 8 heteroatoms. The number of ether oxygens (including phenoxy) is 1. The largest absolute Gasteiger partial charge is 0.374 e. The van der Waals surface area contributed by atoms with Crippen molar-refractivity contribution in [2.75, 3.05) is 6.61 Å². The normalized spacial score (nSPS) is 17.8. The SMILES string of the molecule is O=C(NCc1ccccc1)C1C(=O)N[C@@H](COCc2ccccc2)C(=O)N1Cc1ccccn1. The fourth-order valence-corrected chi connectivity index (χ4v) is 3.74. The second-order valence-corrected chi connectivity index (χ2v) is 7.96. The molecule has 1 unspecified atom stereocenters. The van der Waals surface area contributed by atoms with E-state index in [-0.39, 0.29) is 19.7 Å². The number of rotatable bonds is 9. The molecule has 174 valence electrons. The Hall–Kier alpha value is -4.04. The standard InChI is InChI=1S/C26H26N4O4/c31-24(28-15-19-9-3-1-4-10-19)23-25(32)29-22(18-34-17-20-11-5-2-6-12-20)26(33)30(23)16-21-13-7-8-14-27-21/h1-14,22-23H,15-18H2,(H,28,31)(H,29,32)/t22-,23?/m0/s1. The van der Waals surface area contributed by atoms with Crippen LogP contribution in [0.4, 0.5) is 0 Å². The number of aromatic nitrogens is 1. The first-order valence-corrected chi connectivity index (χ1v) is 11.1. The van der Waals surface area contributed by atoms with Crippen molar-refractivity contribution in [1.82, 2.24) is 20.5 Å². The van der Waals surface area contributed by atoms with Crippen molar-refractivity contribution in [1.29, 1.82) is 0 Å². The Bertz CT molecular complexity index is 1110. The Morgan fingerprint density at radius 3 is 2.29 bits per heavy atom. The Labute approximate surface area is 198 Å². The number of amides is 3. The Morgan fingerprint density at radius 1 is 0.941 bits per heavy atom. The summed E-state index contributed by atoms with van der Waals surface area (Å²) in [5.41, 5.74) is 2.43. The molecule has 0 bridgehead atoms. The lowest BCUT2D eigenvalue weighted by atomic mass is 10.1. The lowest BCUT2D eigenvalue weighted by molar-refractivity contribution is -0.156. The summed E-state index contributed by atoms with van der Waals surface area (Å²) in [7, 11) is 0. The van der Waals surface area contributed by atoms with Crippen LogP contribution in [-0.2, 0) is 38.8 Å². The first-order chi connectivity index (χ1) is 16.6. The van der Waals surface area contributed by atoms with Crippen LogP contribution < -0.4 is 10.6 Å². The van der Waals surface area contributed by atoms with Gasteiger partial charge >= 0.3 is 0 Å². The fourth-order valence-electron chi connectivity index (χ4n) is 3.74. The molecule has 0 saturated carbocycles. The first-order valence-electron chi connectivity index (χ1n) is 11.1. The molecular formula is C26H26N4O4. The van der Waals surface area contributed by atoms with E-state index in [9.17, 15) is 14.4 Å². The summed E-state index contributed by atoms with van der Waals surface area (Å²) in [6, 6.07) is 22.0. The maximum absolute atomic E-state index is 13.3. The smallest absolute Gasteiger partial charge is 0.253 e. The van der Waals surface area contributed by atoms with Crippen molar-refractivity contribution in [3.8, 4) is 0 Å². The van der Waals surface area contributed by atoms with E-state index in [1.807, 2.05) is 60.7 Å². The van der Waals surface area contributed by atoms with Gasteiger partial charge in [0.05, 0.1) is 25.5 Å². The number of piperazine rings is 1. The fraction of sp³-hybridized carbons (Fsp3) is 0.231. The minimum absolute atomic E-state index is 0.00343. The van der Waals surface area contributed by atoms with Crippen LogP contribution in [0.25, 0.3) is 0 Å². The topological polar surface area (TPSA) is 101 Å². The average Bonchev–Trinajstić information content (AvgIpc) is 2.87. The van der Waals surface area contributed by atoms with Crippen molar-refractivity contribution in [3.63, 3.8) is 0 Å². The monoisotopic (exact) mass is 458 g/mol. The molecule has 2 N–H and O–H groups in total. The van der Waals surface area contributed by atoms with Gasteiger partial charge in [-0.05, 0) is 23.3 Å². The lowest BCUT2D eigenvalue weighted by Gasteiger charge is -2.37. The zero-order valence-electron chi connectivity index (χ0n) is 18.6. The second kappa shape index (κ2) is 11.2. The summed E-state index contributed by atoms with van der Waals surface area (Å²) >= 11 is 0. The van der Waals surface area contributed by atoms with Crippen LogP contribution in [0.5, 0.6) is 0 Å². The molecule has 8 nitrogen and oxygen atoms in total. The van der Waals surface area contributed by atoms with Crippen LogP contribution in [0, 0.1) is 0 Å². The zero-order valence-corrected chi connectivity index (χ0v) is 18.6. The van der Waals surface area contributed by atoms with E-state index >= 15 is 0 Å². The molecule has 1 fully saturated rings. The molecule has 1 aromatic heterocycles. The summed E-state index contributed by atoms with van der Waals surface area (Å²) < 4.78 is 5.70. The van der Waals surface area contributed by atoms with Crippen molar-refractivity contribution in [2.24, 2.45) is 0 Å². The summed E-state index contributed by atoms with van der Waals surface area (Å²) in [5.74, 6) is -1.48. The molecule has 2 atom stereocenters. The van der Waals surface area contributed by atoms with Crippen LogP contribution in [0.3, 0.4) is 0 Å². The highest BCUT2D eigenvalue weighted by molar-refractivity contribution is 6.10. The minimum atomic E-state index is -1.30. The molecule has 4 rings (SSSR count). The molecule has 3 aromatic rings. The summed E-state index contributed by atoms with van der Waals surface area (Å²) in [6.07, 6.45) is 1.61. The van der Waals surface area contributed by atoms with Gasteiger partial charge in [0.25, 0.3) is 11.8 Å². The molecule has 3 amide bonds. The van der Waals surface area contributed by atoms with E-state index < -0.39 is 29.8 Å². The van der Waals surface area contributed by atoms with Gasteiger partial charge in [0.1, 0.15) is 6.04 Å². The van der Waals surface area contributed by atoms with E-state index in [1.54, 1.807) is 24.4 Å². The highest BCUT2D eigenvalue weighted by atomic mass is 16.5. The van der Waals surface area contributed by atoms with E-state index in [0.29, 0.717) is 12.3 Å². The van der Waals surface area contributed by atoms with Gasteiger partial charge in [-0.25, -0.2) is 0 Å². The summed E-state index contributed by atoms with van der Waals surface area (Å²) in [4.78, 5) is 44.9. The number of hydrogen-bond acceptors (Lipinski definition) is 5. The molecule has 2 heterocycles. The van der Waals surface area contributed by atoms with E-state index in [0.717, 1.165) is 11.1 Å². The molecule has 0 radical (unpaired) electrons. The summed E-state index contributed by atoms with van der Waals surface area (Å²) in [5, 5.41) is 5.43. The second-order valence-electron chi connectivity index (χ2n) is 7.96. The molecule has 0 aliphatic carbocycles. The minimum Gasteiger partial charge on any atom is -0.374 e. The molecular weight excluding hydrogens is 432 g/mol. The highest BCUT2D eigenvalue weighted by Crippen LogP contribution is 2.16. The average molecular weight is 459 g/mol. The molecule has 1 saturated heterocycles. The van der Waals surface area contributed by atoms with Gasteiger partial charge in [0, 0.05) is 12.7 Å². The number of benzene rings is 2. The van der Waals surface area contributed by atoms with Gasteiger partial charge in [0.15, 0.2) is 6.04 Å². The molecule has 1 aliphatic rings. The number of hydrogen-bond donors (Lipinski definition) is 2. The third-order valence-electron chi connectivity index (χ3n) is 5.47. The maximum atomic E-state index is 13.3. The van der Waals surface area contributed by atoms with Crippen molar-refractivity contribution in [3.05, 3.63) is 102 Å². The summed E-state index contributed by atoms with van der Waals surface area (Å²) in [6.45, 7) is 0.586. The van der Waals surface area contributed by atoms with E-state index in [4.69, 9.17) is 4.74 Å². The first kappa shape index (κ1) is 23.1. The number of nitrogens with zero attached hydrogens (tertiary/aromatic N) is 2. The van der Waals surface area contributed by atoms with Gasteiger partial charge in [-0.3, -0.25) is 19.4 Å². The third-order valence-corrected chi connectivity index (χ3v) is 5.47. The quantitative estimate of drug-likeness (QED) is 0.477. The number of nitrogens with one attached hydrogen (secondary N) is 2. The number of carbonyl (C=O) groups excluding carboxylic acids is 3. The van der Waals surface area contributed by atoms with Crippen LogP contribution in [0.2, 0.25) is 0 Å². The van der Waals surface area contributed by atoms with Gasteiger partial charge in [0.2, 0.25) is 5.91 Å². The molecule has 34 heavy (non-hydrogen) atoms. The van der Waals surface area contributed by atoms with Crippen LogP contribution in [0.1, 0.15) is 16.8 Å². The van der Waals surface area contributed by atoms with Crippen molar-refractivity contribution < 1.29 is 19.1 Å². The third kappa shape index (κ3) is 5.85. The zero-order chi connectivity index (χ0) is 23.8. The van der Waals surface area contributed by atoms with Gasteiger partial charge in [-0.1, -0.05) is 66.7 Å². The van der Waals surface area contributed by atoms with Gasteiger partial charge < -0.3 is 20.3 Å². The Balaban J connectivity index is 1.46.